The minimum Gasteiger partial charge on any atom is -0.100 e. The molecule has 44 valence electrons. The number of hydrogen-bond acceptors (Lipinski definition) is 0. The summed E-state index contributed by atoms with van der Waals surface area (Å²) in [7, 11) is 0. The maximum atomic E-state index is 3.67. The molecule has 0 atom stereocenters. The lowest BCUT2D eigenvalue weighted by atomic mass is 10.3. The monoisotopic (exact) mass is 100 g/mol. The fourth-order valence-electron chi connectivity index (χ4n) is 0. The second kappa shape index (κ2) is 9.22. The zero-order chi connectivity index (χ0) is 6.28. The van der Waals surface area contributed by atoms with Gasteiger partial charge >= 0.3 is 0 Å². The van der Waals surface area contributed by atoms with Gasteiger partial charge in [0.05, 0.1) is 0 Å². The molecule has 0 rings (SSSR count). The molecule has 7 heavy (non-hydrogen) atoms. The summed E-state index contributed by atoms with van der Waals surface area (Å²) in [5.74, 6) is 0. The first-order valence-corrected chi connectivity index (χ1v) is 2.91. The van der Waals surface area contributed by atoms with E-state index in [0.29, 0.717) is 0 Å². The van der Waals surface area contributed by atoms with E-state index in [1.807, 2.05) is 20.8 Å². The highest BCUT2D eigenvalue weighted by Crippen LogP contribution is 1.88. The maximum absolute atomic E-state index is 3.67. The second-order valence-electron chi connectivity index (χ2n) is 1.31. The zero-order valence-corrected chi connectivity index (χ0v) is 5.91. The first kappa shape index (κ1) is 9.88. The van der Waals surface area contributed by atoms with E-state index in [2.05, 4.69) is 13.5 Å². The minimum atomic E-state index is 1.11. The third kappa shape index (κ3) is 26.5. The second-order valence-corrected chi connectivity index (χ2v) is 1.31. The first-order chi connectivity index (χ1) is 3.27. The molecular weight excluding hydrogens is 84.1 g/mol. The van der Waals surface area contributed by atoms with Gasteiger partial charge in [-0.2, -0.15) is 0 Å². The Balaban J connectivity index is 0. The summed E-state index contributed by atoms with van der Waals surface area (Å²) in [5.41, 5.74) is 1.25. The Morgan fingerprint density at radius 3 is 1.57 bits per heavy atom. The Hall–Kier alpha value is -0.260. The lowest BCUT2D eigenvalue weighted by Crippen LogP contribution is -1.58. The van der Waals surface area contributed by atoms with Crippen LogP contribution in [-0.2, 0) is 0 Å². The van der Waals surface area contributed by atoms with Crippen LogP contribution in [0.15, 0.2) is 12.2 Å². The molecule has 0 aliphatic heterocycles. The molecule has 0 spiro atoms. The summed E-state index contributed by atoms with van der Waals surface area (Å²) in [6.45, 7) is 11.8. The molecule has 0 aliphatic carbocycles. The van der Waals surface area contributed by atoms with Crippen molar-refractivity contribution in [3.63, 3.8) is 0 Å². The molecule has 0 amide bonds. The van der Waals surface area contributed by atoms with Crippen molar-refractivity contribution in [2.75, 3.05) is 0 Å². The smallest absolute Gasteiger partial charge is 0.0354 e. The fourth-order valence-corrected chi connectivity index (χ4v) is 0. The van der Waals surface area contributed by atoms with Crippen LogP contribution in [0.5, 0.6) is 0 Å². The van der Waals surface area contributed by atoms with Crippen LogP contribution in [0.1, 0.15) is 34.1 Å². The van der Waals surface area contributed by atoms with Crippen molar-refractivity contribution in [1.82, 2.24) is 0 Å². The molecule has 0 bridgehead atoms. The van der Waals surface area contributed by atoms with Gasteiger partial charge in [-0.1, -0.05) is 26.3 Å². The topological polar surface area (TPSA) is 0 Å². The van der Waals surface area contributed by atoms with Gasteiger partial charge in [0.1, 0.15) is 0 Å². The molecule has 0 aromatic heterocycles. The quantitative estimate of drug-likeness (QED) is 0.444. The highest BCUT2D eigenvalue weighted by molar-refractivity contribution is 4.84. The Kier molecular flexibility index (Phi) is 13.0. The van der Waals surface area contributed by atoms with Crippen LogP contribution < -0.4 is 0 Å². The van der Waals surface area contributed by atoms with E-state index < -0.39 is 0 Å². The molecule has 0 nitrogen and oxygen atoms in total. The van der Waals surface area contributed by atoms with Gasteiger partial charge < -0.3 is 0 Å². The van der Waals surface area contributed by atoms with E-state index in [-0.39, 0.29) is 0 Å². The third-order valence-corrected chi connectivity index (χ3v) is 0.604. The lowest BCUT2D eigenvalue weighted by molar-refractivity contribution is 1.11. The predicted octanol–water partition coefficient (Wildman–Crippen LogP) is 3.00. The normalized spacial score (nSPS) is 6.29. The van der Waals surface area contributed by atoms with Gasteiger partial charge in [-0.05, 0) is 13.3 Å². The van der Waals surface area contributed by atoms with Crippen LogP contribution in [0, 0.1) is 0 Å². The number of allylic oxidation sites excluding steroid dienone is 1. The van der Waals surface area contributed by atoms with Crippen molar-refractivity contribution in [2.45, 2.75) is 34.1 Å². The van der Waals surface area contributed by atoms with Gasteiger partial charge in [-0.3, -0.25) is 0 Å². The van der Waals surface area contributed by atoms with Gasteiger partial charge in [-0.25, -0.2) is 0 Å². The minimum absolute atomic E-state index is 1.11. The molecule has 0 aromatic carbocycles. The summed E-state index contributed by atoms with van der Waals surface area (Å²) in [6.07, 6.45) is 1.11. The molecular formula is C7H16. The van der Waals surface area contributed by atoms with Gasteiger partial charge in [0, 0.05) is 0 Å². The molecule has 0 aromatic rings. The van der Waals surface area contributed by atoms with E-state index in [1.54, 1.807) is 0 Å². The molecule has 0 heterocycles. The average Bonchev–Trinajstić information content (AvgIpc) is 1.73. The predicted molar refractivity (Wildman–Crippen MR) is 36.5 cm³/mol. The van der Waals surface area contributed by atoms with Crippen LogP contribution in [0.4, 0.5) is 0 Å². The van der Waals surface area contributed by atoms with Crippen molar-refractivity contribution in [2.24, 2.45) is 0 Å². The average molecular weight is 100 g/mol. The van der Waals surface area contributed by atoms with Crippen LogP contribution in [0.2, 0.25) is 0 Å². The highest BCUT2D eigenvalue weighted by atomic mass is 13.7. The highest BCUT2D eigenvalue weighted by Gasteiger charge is 1.67. The van der Waals surface area contributed by atoms with Crippen LogP contribution >= 0.6 is 0 Å². The largest absolute Gasteiger partial charge is 0.100 e. The van der Waals surface area contributed by atoms with Crippen LogP contribution in [-0.4, -0.2) is 0 Å². The lowest BCUT2D eigenvalue weighted by Gasteiger charge is -1.79. The van der Waals surface area contributed by atoms with Gasteiger partial charge in [0.15, 0.2) is 0 Å². The maximum Gasteiger partial charge on any atom is -0.0354 e. The van der Waals surface area contributed by atoms with Crippen LogP contribution in [0.3, 0.4) is 0 Å². The molecule has 0 saturated heterocycles. The van der Waals surface area contributed by atoms with Crippen molar-refractivity contribution >= 4 is 0 Å². The molecule has 0 unspecified atom stereocenters. The van der Waals surface area contributed by atoms with Crippen LogP contribution in [0.25, 0.3) is 0 Å². The molecule has 0 saturated carbocycles. The van der Waals surface area contributed by atoms with E-state index in [0.717, 1.165) is 6.42 Å². The van der Waals surface area contributed by atoms with E-state index in [1.165, 1.54) is 5.57 Å². The molecule has 0 N–H and O–H groups in total. The summed E-state index contributed by atoms with van der Waals surface area (Å²) in [5, 5.41) is 0. The Bertz CT molecular complexity index is 35.3. The van der Waals surface area contributed by atoms with Crippen molar-refractivity contribution in [1.29, 1.82) is 0 Å². The third-order valence-electron chi connectivity index (χ3n) is 0.604. The standard InChI is InChI=1S/C5H10.C2H6/c1-4-5(2)3;1-2/h2,4H2,1,3H3;1-2H3. The van der Waals surface area contributed by atoms with Crippen molar-refractivity contribution < 1.29 is 0 Å². The van der Waals surface area contributed by atoms with Gasteiger partial charge in [-0.15, -0.1) is 6.58 Å². The van der Waals surface area contributed by atoms with Crippen molar-refractivity contribution in [3.05, 3.63) is 12.2 Å². The Morgan fingerprint density at radius 2 is 1.57 bits per heavy atom. The van der Waals surface area contributed by atoms with E-state index in [4.69, 9.17) is 0 Å². The zero-order valence-electron chi connectivity index (χ0n) is 5.91. The fraction of sp³-hybridized carbons (Fsp3) is 0.714. The molecule has 0 aliphatic rings. The van der Waals surface area contributed by atoms with E-state index >= 15 is 0 Å². The Morgan fingerprint density at radius 1 is 1.43 bits per heavy atom. The summed E-state index contributed by atoms with van der Waals surface area (Å²) < 4.78 is 0. The van der Waals surface area contributed by atoms with Crippen molar-refractivity contribution in [3.8, 4) is 0 Å². The van der Waals surface area contributed by atoms with E-state index in [9.17, 15) is 0 Å². The molecule has 0 heteroatoms. The SMILES string of the molecule is C=C(C)CC.CC. The number of rotatable bonds is 1. The first-order valence-electron chi connectivity index (χ1n) is 2.91. The molecule has 0 fully saturated rings. The van der Waals surface area contributed by atoms with Gasteiger partial charge in [0.25, 0.3) is 0 Å². The summed E-state index contributed by atoms with van der Waals surface area (Å²) in [4.78, 5) is 0. The summed E-state index contributed by atoms with van der Waals surface area (Å²) >= 11 is 0. The molecule has 0 radical (unpaired) electrons. The Labute approximate surface area is 47.2 Å². The van der Waals surface area contributed by atoms with Gasteiger partial charge in [0.2, 0.25) is 0 Å². The summed E-state index contributed by atoms with van der Waals surface area (Å²) in [6, 6.07) is 0. The number of hydrogen-bond donors (Lipinski definition) is 0.